The summed E-state index contributed by atoms with van der Waals surface area (Å²) in [4.78, 5) is 8.37. The smallest absolute Gasteiger partial charge is 0.223 e. The summed E-state index contributed by atoms with van der Waals surface area (Å²) in [6.07, 6.45) is 0. The molecule has 1 N–H and O–H groups in total. The van der Waals surface area contributed by atoms with E-state index in [0.29, 0.717) is 6.54 Å². The first-order valence-electron chi connectivity index (χ1n) is 4.47. The van der Waals surface area contributed by atoms with Gasteiger partial charge in [-0.1, -0.05) is 15.9 Å². The summed E-state index contributed by atoms with van der Waals surface area (Å²) in [5.74, 6) is 0. The van der Waals surface area contributed by atoms with E-state index in [0.717, 1.165) is 21.1 Å². The number of halogens is 2. The van der Waals surface area contributed by atoms with Crippen LogP contribution in [0, 0.1) is 0 Å². The van der Waals surface area contributed by atoms with Crippen LogP contribution in [0.4, 0.5) is 0 Å². The average Bonchev–Trinajstić information content (AvgIpc) is 2.19. The van der Waals surface area contributed by atoms with E-state index in [1.165, 1.54) is 0 Å². The molecule has 1 aromatic carbocycles. The maximum Gasteiger partial charge on any atom is 0.223 e. The van der Waals surface area contributed by atoms with Gasteiger partial charge in [-0.15, -0.1) is 0 Å². The summed E-state index contributed by atoms with van der Waals surface area (Å²) >= 11 is 9.26. The Kier molecular flexibility index (Phi) is 3.19. The van der Waals surface area contributed by atoms with E-state index in [4.69, 9.17) is 11.6 Å². The number of hydrogen-bond acceptors (Lipinski definition) is 3. The molecule has 0 fully saturated rings. The number of rotatable bonds is 2. The van der Waals surface area contributed by atoms with Crippen molar-refractivity contribution in [2.75, 3.05) is 7.05 Å². The van der Waals surface area contributed by atoms with Gasteiger partial charge in [-0.05, 0) is 36.8 Å². The molecule has 0 unspecified atom stereocenters. The van der Waals surface area contributed by atoms with Gasteiger partial charge in [-0.3, -0.25) is 0 Å². The zero-order valence-electron chi connectivity index (χ0n) is 8.09. The maximum atomic E-state index is 5.84. The Balaban J connectivity index is 2.70. The van der Waals surface area contributed by atoms with Gasteiger partial charge in [0.05, 0.1) is 11.2 Å². The Hall–Kier alpha value is -0.710. The third-order valence-electron chi connectivity index (χ3n) is 2.05. The fourth-order valence-corrected chi connectivity index (χ4v) is 1.99. The first kappa shape index (κ1) is 10.8. The molecule has 0 amide bonds. The fourth-order valence-electron chi connectivity index (χ4n) is 1.44. The molecule has 2 rings (SSSR count). The van der Waals surface area contributed by atoms with Crippen LogP contribution in [0.1, 0.15) is 5.69 Å². The Bertz CT molecular complexity index is 501. The van der Waals surface area contributed by atoms with E-state index in [1.54, 1.807) is 0 Å². The monoisotopic (exact) mass is 285 g/mol. The lowest BCUT2D eigenvalue weighted by atomic mass is 10.2. The molecule has 3 nitrogen and oxygen atoms in total. The third kappa shape index (κ3) is 2.27. The Morgan fingerprint density at radius 3 is 2.93 bits per heavy atom. The van der Waals surface area contributed by atoms with E-state index in [2.05, 4.69) is 31.2 Å². The van der Waals surface area contributed by atoms with Crippen molar-refractivity contribution in [1.82, 2.24) is 15.3 Å². The summed E-state index contributed by atoms with van der Waals surface area (Å²) < 4.78 is 1.01. The van der Waals surface area contributed by atoms with Crippen molar-refractivity contribution in [1.29, 1.82) is 0 Å². The second-order valence-corrected chi connectivity index (χ2v) is 4.38. The molecule has 1 aromatic heterocycles. The minimum Gasteiger partial charge on any atom is -0.314 e. The number of benzene rings is 1. The van der Waals surface area contributed by atoms with E-state index >= 15 is 0 Å². The SMILES string of the molecule is CNCc1nc(Cl)nc2ccc(Br)cc12. The highest BCUT2D eigenvalue weighted by atomic mass is 79.9. The summed E-state index contributed by atoms with van der Waals surface area (Å²) in [7, 11) is 1.87. The van der Waals surface area contributed by atoms with Crippen LogP contribution in [0.2, 0.25) is 5.28 Å². The van der Waals surface area contributed by atoms with Crippen molar-refractivity contribution in [3.05, 3.63) is 33.6 Å². The predicted molar refractivity (Wildman–Crippen MR) is 65.0 cm³/mol. The third-order valence-corrected chi connectivity index (χ3v) is 2.72. The van der Waals surface area contributed by atoms with Crippen LogP contribution in [-0.2, 0) is 6.54 Å². The maximum absolute atomic E-state index is 5.84. The molecule has 0 aliphatic heterocycles. The number of fused-ring (bicyclic) bond motifs is 1. The van der Waals surface area contributed by atoms with Crippen molar-refractivity contribution in [3.63, 3.8) is 0 Å². The van der Waals surface area contributed by atoms with E-state index in [9.17, 15) is 0 Å². The summed E-state index contributed by atoms with van der Waals surface area (Å²) in [6.45, 7) is 0.676. The normalized spacial score (nSPS) is 10.9. The lowest BCUT2D eigenvalue weighted by Crippen LogP contribution is -2.08. The molecule has 0 bridgehead atoms. The van der Waals surface area contributed by atoms with Crippen LogP contribution in [0.5, 0.6) is 0 Å². The fraction of sp³-hybridized carbons (Fsp3) is 0.200. The lowest BCUT2D eigenvalue weighted by Gasteiger charge is -2.05. The van der Waals surface area contributed by atoms with Crippen LogP contribution in [-0.4, -0.2) is 17.0 Å². The Morgan fingerprint density at radius 1 is 1.40 bits per heavy atom. The molecule has 2 aromatic rings. The highest BCUT2D eigenvalue weighted by molar-refractivity contribution is 9.10. The first-order chi connectivity index (χ1) is 7.20. The molecule has 5 heteroatoms. The molecule has 15 heavy (non-hydrogen) atoms. The summed E-state index contributed by atoms with van der Waals surface area (Å²) in [5.41, 5.74) is 1.78. The first-order valence-corrected chi connectivity index (χ1v) is 5.64. The second-order valence-electron chi connectivity index (χ2n) is 3.13. The summed E-state index contributed by atoms with van der Waals surface area (Å²) in [6, 6.07) is 5.86. The number of nitrogens with one attached hydrogen (secondary N) is 1. The van der Waals surface area contributed by atoms with Gasteiger partial charge in [0.15, 0.2) is 0 Å². The molecule has 0 aliphatic rings. The zero-order chi connectivity index (χ0) is 10.8. The Labute approximate surface area is 101 Å². The molecule has 0 radical (unpaired) electrons. The summed E-state index contributed by atoms with van der Waals surface area (Å²) in [5, 5.41) is 4.36. The molecule has 1 heterocycles. The lowest BCUT2D eigenvalue weighted by molar-refractivity contribution is 0.795. The van der Waals surface area contributed by atoms with E-state index in [-0.39, 0.29) is 5.28 Å². The quantitative estimate of drug-likeness (QED) is 0.863. The van der Waals surface area contributed by atoms with Crippen molar-refractivity contribution in [2.45, 2.75) is 6.54 Å². The molecular formula is C10H9BrClN3. The Morgan fingerprint density at radius 2 is 2.20 bits per heavy atom. The van der Waals surface area contributed by atoms with Crippen molar-refractivity contribution in [2.24, 2.45) is 0 Å². The van der Waals surface area contributed by atoms with Gasteiger partial charge in [0.2, 0.25) is 5.28 Å². The van der Waals surface area contributed by atoms with Crippen molar-refractivity contribution in [3.8, 4) is 0 Å². The standard InChI is InChI=1S/C10H9BrClN3/c1-13-5-9-7-4-6(11)2-3-8(7)14-10(12)15-9/h2-4,13H,5H2,1H3. The minimum absolute atomic E-state index is 0.287. The van der Waals surface area contributed by atoms with Gasteiger partial charge in [-0.2, -0.15) is 0 Å². The molecule has 0 spiro atoms. The number of aromatic nitrogens is 2. The van der Waals surface area contributed by atoms with Crippen LogP contribution in [0.25, 0.3) is 10.9 Å². The van der Waals surface area contributed by atoms with Gasteiger partial charge >= 0.3 is 0 Å². The molecular weight excluding hydrogens is 277 g/mol. The predicted octanol–water partition coefficient (Wildman–Crippen LogP) is 2.77. The van der Waals surface area contributed by atoms with Crippen molar-refractivity contribution >= 4 is 38.4 Å². The van der Waals surface area contributed by atoms with Gasteiger partial charge in [-0.25, -0.2) is 9.97 Å². The highest BCUT2D eigenvalue weighted by Crippen LogP contribution is 2.22. The van der Waals surface area contributed by atoms with Crippen molar-refractivity contribution < 1.29 is 0 Å². The average molecular weight is 287 g/mol. The van der Waals surface area contributed by atoms with E-state index in [1.807, 2.05) is 25.2 Å². The van der Waals surface area contributed by atoms with Gasteiger partial charge in [0, 0.05) is 16.4 Å². The molecule has 0 aliphatic carbocycles. The van der Waals surface area contributed by atoms with Gasteiger partial charge < -0.3 is 5.32 Å². The minimum atomic E-state index is 0.287. The largest absolute Gasteiger partial charge is 0.314 e. The molecule has 0 saturated carbocycles. The van der Waals surface area contributed by atoms with Crippen LogP contribution >= 0.6 is 27.5 Å². The zero-order valence-corrected chi connectivity index (χ0v) is 10.4. The number of nitrogens with zero attached hydrogens (tertiary/aromatic N) is 2. The van der Waals surface area contributed by atoms with Gasteiger partial charge in [0.25, 0.3) is 0 Å². The van der Waals surface area contributed by atoms with Gasteiger partial charge in [0.1, 0.15) is 0 Å². The topological polar surface area (TPSA) is 37.8 Å². The van der Waals surface area contributed by atoms with Crippen LogP contribution in [0.3, 0.4) is 0 Å². The molecule has 78 valence electrons. The molecule has 0 atom stereocenters. The number of hydrogen-bond donors (Lipinski definition) is 1. The van der Waals surface area contributed by atoms with Crippen LogP contribution in [0.15, 0.2) is 22.7 Å². The highest BCUT2D eigenvalue weighted by Gasteiger charge is 2.06. The van der Waals surface area contributed by atoms with Crippen LogP contribution < -0.4 is 5.32 Å². The molecule has 0 saturated heterocycles. The van der Waals surface area contributed by atoms with E-state index < -0.39 is 0 Å². The second kappa shape index (κ2) is 4.43.